The number of hydrogen-bond donors (Lipinski definition) is 1. The molecule has 6 nitrogen and oxygen atoms in total. The van der Waals surface area contributed by atoms with Crippen molar-refractivity contribution in [3.8, 4) is 0 Å². The molecule has 0 fully saturated rings. The van der Waals surface area contributed by atoms with Crippen molar-refractivity contribution in [1.29, 1.82) is 0 Å². The Balaban J connectivity index is 1.35. The van der Waals surface area contributed by atoms with Gasteiger partial charge >= 0.3 is 0 Å². The van der Waals surface area contributed by atoms with Crippen molar-refractivity contribution in [2.75, 3.05) is 24.5 Å². The van der Waals surface area contributed by atoms with E-state index in [-0.39, 0.29) is 5.56 Å². The second-order valence-corrected chi connectivity index (χ2v) is 7.89. The molecule has 0 atom stereocenters. The molecule has 29 heavy (non-hydrogen) atoms. The number of aromatic nitrogens is 3. The van der Waals surface area contributed by atoms with Crippen LogP contribution in [-0.2, 0) is 32.4 Å². The van der Waals surface area contributed by atoms with Crippen LogP contribution in [0.4, 0.5) is 5.95 Å². The van der Waals surface area contributed by atoms with Crippen molar-refractivity contribution in [3.63, 3.8) is 0 Å². The van der Waals surface area contributed by atoms with Gasteiger partial charge in [0, 0.05) is 57.1 Å². The fourth-order valence-electron chi connectivity index (χ4n) is 4.38. The molecule has 0 amide bonds. The number of hydrogen-bond acceptors (Lipinski definition) is 5. The minimum Gasteiger partial charge on any atom is -0.338 e. The molecular weight excluding hydrogens is 362 g/mol. The summed E-state index contributed by atoms with van der Waals surface area (Å²) in [4.78, 5) is 29.6. The molecule has 0 spiro atoms. The average Bonchev–Trinajstić information content (AvgIpc) is 2.97. The highest BCUT2D eigenvalue weighted by molar-refractivity contribution is 5.41. The highest BCUT2D eigenvalue weighted by atomic mass is 16.1. The minimum absolute atomic E-state index is 0.0205. The zero-order chi connectivity index (χ0) is 19.6. The maximum atomic E-state index is 12.8. The first-order valence-corrected chi connectivity index (χ1v) is 10.3. The molecule has 3 aromatic rings. The summed E-state index contributed by atoms with van der Waals surface area (Å²) in [6.45, 7) is 4.30. The Morgan fingerprint density at radius 1 is 0.966 bits per heavy atom. The predicted octanol–water partition coefficient (Wildman–Crippen LogP) is 2.33. The van der Waals surface area contributed by atoms with Crippen LogP contribution in [-0.4, -0.2) is 39.5 Å². The van der Waals surface area contributed by atoms with Gasteiger partial charge in [-0.2, -0.15) is 0 Å². The Morgan fingerprint density at radius 3 is 2.69 bits per heavy atom. The van der Waals surface area contributed by atoms with Gasteiger partial charge in [0.15, 0.2) is 0 Å². The normalized spacial score (nSPS) is 16.8. The molecule has 2 aliphatic heterocycles. The van der Waals surface area contributed by atoms with E-state index in [1.54, 1.807) is 6.20 Å². The molecule has 0 bridgehead atoms. The van der Waals surface area contributed by atoms with Gasteiger partial charge in [-0.05, 0) is 35.6 Å². The number of aromatic amines is 1. The fourth-order valence-corrected chi connectivity index (χ4v) is 4.38. The average molecular weight is 387 g/mol. The molecule has 2 aromatic heterocycles. The van der Waals surface area contributed by atoms with Crippen molar-refractivity contribution in [1.82, 2.24) is 19.9 Å². The zero-order valence-corrected chi connectivity index (χ0v) is 16.5. The summed E-state index contributed by atoms with van der Waals surface area (Å²) in [5.74, 6) is 0.712. The number of rotatable bonds is 3. The standard InChI is InChI=1S/C23H25N5O/c29-22-20-8-11-27(15-17-4-3-10-24-14-17)12-9-21(20)25-23(26-22)28-13-7-18-5-1-2-6-19(18)16-28/h1-6,10,14H,7-9,11-13,15-16H2,(H,25,26,29). The lowest BCUT2D eigenvalue weighted by atomic mass is 10.0. The second kappa shape index (κ2) is 7.79. The Hall–Kier alpha value is -2.99. The number of pyridine rings is 1. The minimum atomic E-state index is 0.0205. The van der Waals surface area contributed by atoms with Crippen LogP contribution in [0.2, 0.25) is 0 Å². The molecule has 0 saturated heterocycles. The topological polar surface area (TPSA) is 65.1 Å². The number of H-pyrrole nitrogens is 1. The summed E-state index contributed by atoms with van der Waals surface area (Å²) in [6.07, 6.45) is 6.23. The van der Waals surface area contributed by atoms with Crippen molar-refractivity contribution >= 4 is 5.95 Å². The third-order valence-electron chi connectivity index (χ3n) is 5.99. The first kappa shape index (κ1) is 18.1. The summed E-state index contributed by atoms with van der Waals surface area (Å²) in [5, 5.41) is 0. The quantitative estimate of drug-likeness (QED) is 0.747. The third kappa shape index (κ3) is 3.80. The number of benzene rings is 1. The molecule has 0 radical (unpaired) electrons. The highest BCUT2D eigenvalue weighted by Crippen LogP contribution is 2.22. The van der Waals surface area contributed by atoms with Crippen molar-refractivity contribution in [2.24, 2.45) is 0 Å². The first-order valence-electron chi connectivity index (χ1n) is 10.3. The summed E-state index contributed by atoms with van der Waals surface area (Å²) < 4.78 is 0. The molecule has 0 unspecified atom stereocenters. The Morgan fingerprint density at radius 2 is 1.83 bits per heavy atom. The zero-order valence-electron chi connectivity index (χ0n) is 16.5. The van der Waals surface area contributed by atoms with Gasteiger partial charge in [-0.3, -0.25) is 19.7 Å². The van der Waals surface area contributed by atoms with E-state index in [4.69, 9.17) is 4.98 Å². The van der Waals surface area contributed by atoms with Crippen LogP contribution in [0.25, 0.3) is 0 Å². The van der Waals surface area contributed by atoms with Crippen LogP contribution in [0.3, 0.4) is 0 Å². The molecule has 4 heterocycles. The van der Waals surface area contributed by atoms with Crippen LogP contribution < -0.4 is 10.5 Å². The van der Waals surface area contributed by atoms with Crippen LogP contribution in [0.15, 0.2) is 53.6 Å². The van der Waals surface area contributed by atoms with Gasteiger partial charge in [0.2, 0.25) is 5.95 Å². The molecule has 1 aromatic carbocycles. The van der Waals surface area contributed by atoms with Gasteiger partial charge < -0.3 is 4.90 Å². The lowest BCUT2D eigenvalue weighted by molar-refractivity contribution is 0.278. The molecule has 1 N–H and O–H groups in total. The van der Waals surface area contributed by atoms with Gasteiger partial charge in [-0.15, -0.1) is 0 Å². The second-order valence-electron chi connectivity index (χ2n) is 7.89. The van der Waals surface area contributed by atoms with E-state index in [1.807, 2.05) is 12.3 Å². The highest BCUT2D eigenvalue weighted by Gasteiger charge is 2.22. The van der Waals surface area contributed by atoms with Crippen LogP contribution >= 0.6 is 0 Å². The maximum Gasteiger partial charge on any atom is 0.255 e. The number of nitrogens with one attached hydrogen (secondary N) is 1. The lowest BCUT2D eigenvalue weighted by Gasteiger charge is -2.29. The Kier molecular flexibility index (Phi) is 4.86. The number of fused-ring (bicyclic) bond motifs is 2. The summed E-state index contributed by atoms with van der Waals surface area (Å²) in [6, 6.07) is 12.6. The summed E-state index contributed by atoms with van der Waals surface area (Å²) >= 11 is 0. The largest absolute Gasteiger partial charge is 0.338 e. The molecule has 0 saturated carbocycles. The predicted molar refractivity (Wildman–Crippen MR) is 113 cm³/mol. The van der Waals surface area contributed by atoms with E-state index in [2.05, 4.69) is 50.1 Å². The SMILES string of the molecule is O=c1[nH]c(N2CCc3ccccc3C2)nc2c1CCN(Cc1cccnc1)CC2. The number of anilines is 1. The van der Waals surface area contributed by atoms with E-state index in [1.165, 1.54) is 16.7 Å². The smallest absolute Gasteiger partial charge is 0.255 e. The maximum absolute atomic E-state index is 12.8. The van der Waals surface area contributed by atoms with E-state index < -0.39 is 0 Å². The van der Waals surface area contributed by atoms with Crippen LogP contribution in [0, 0.1) is 0 Å². The van der Waals surface area contributed by atoms with Gasteiger partial charge in [0.05, 0.1) is 5.69 Å². The Labute approximate surface area is 170 Å². The monoisotopic (exact) mass is 387 g/mol. The van der Waals surface area contributed by atoms with E-state index in [9.17, 15) is 4.79 Å². The van der Waals surface area contributed by atoms with E-state index in [0.717, 1.165) is 63.2 Å². The van der Waals surface area contributed by atoms with Gasteiger partial charge in [-0.25, -0.2) is 4.98 Å². The van der Waals surface area contributed by atoms with E-state index in [0.29, 0.717) is 5.95 Å². The molecule has 148 valence electrons. The van der Waals surface area contributed by atoms with Crippen molar-refractivity contribution in [2.45, 2.75) is 32.4 Å². The van der Waals surface area contributed by atoms with Crippen LogP contribution in [0.1, 0.15) is 27.9 Å². The van der Waals surface area contributed by atoms with Crippen molar-refractivity contribution < 1.29 is 0 Å². The molecular formula is C23H25N5O. The van der Waals surface area contributed by atoms with Crippen molar-refractivity contribution in [3.05, 3.63) is 87.1 Å². The lowest BCUT2D eigenvalue weighted by Crippen LogP contribution is -2.34. The van der Waals surface area contributed by atoms with Gasteiger partial charge in [-0.1, -0.05) is 30.3 Å². The van der Waals surface area contributed by atoms with Crippen LogP contribution in [0.5, 0.6) is 0 Å². The summed E-state index contributed by atoms with van der Waals surface area (Å²) in [5.41, 5.74) is 5.74. The van der Waals surface area contributed by atoms with E-state index >= 15 is 0 Å². The van der Waals surface area contributed by atoms with Gasteiger partial charge in [0.1, 0.15) is 0 Å². The fraction of sp³-hybridized carbons (Fsp3) is 0.348. The number of nitrogens with zero attached hydrogens (tertiary/aromatic N) is 4. The Bertz CT molecular complexity index is 1060. The van der Waals surface area contributed by atoms with Gasteiger partial charge in [0.25, 0.3) is 5.56 Å². The third-order valence-corrected chi connectivity index (χ3v) is 5.99. The first-order chi connectivity index (χ1) is 14.3. The molecule has 5 rings (SSSR count). The summed E-state index contributed by atoms with van der Waals surface area (Å²) in [7, 11) is 0. The molecule has 2 aliphatic rings. The molecule has 0 aliphatic carbocycles. The molecule has 6 heteroatoms.